The van der Waals surface area contributed by atoms with Crippen LogP contribution in [0.5, 0.6) is 0 Å². The number of rotatable bonds is 5. The Kier molecular flexibility index (Phi) is 5.40. The molecule has 1 unspecified atom stereocenters. The standard InChI is InChI=1S/C11H12Cl2N2O3/c12-7-2-1-6(8(13)4-7)3-10(17)15-5-9(16)11(14)18/h1-2,4,9,16H,3,5H2,(H2,14,18)(H,15,17). The normalized spacial score (nSPS) is 11.9. The summed E-state index contributed by atoms with van der Waals surface area (Å²) in [4.78, 5) is 22.1. The van der Waals surface area contributed by atoms with Crippen molar-refractivity contribution in [1.82, 2.24) is 5.32 Å². The molecular formula is C11H12Cl2N2O3. The first-order valence-corrected chi connectivity index (χ1v) is 5.83. The maximum Gasteiger partial charge on any atom is 0.248 e. The van der Waals surface area contributed by atoms with Crippen molar-refractivity contribution >= 4 is 35.0 Å². The van der Waals surface area contributed by atoms with Crippen molar-refractivity contribution in [2.45, 2.75) is 12.5 Å². The van der Waals surface area contributed by atoms with Crippen molar-refractivity contribution < 1.29 is 14.7 Å². The van der Waals surface area contributed by atoms with Gasteiger partial charge < -0.3 is 16.2 Å². The average Bonchev–Trinajstić information content (AvgIpc) is 2.29. The minimum atomic E-state index is -1.39. The molecule has 0 spiro atoms. The Labute approximate surface area is 114 Å². The van der Waals surface area contributed by atoms with Crippen molar-refractivity contribution in [2.24, 2.45) is 5.73 Å². The molecule has 0 aromatic heterocycles. The number of aliphatic hydroxyl groups excluding tert-OH is 1. The highest BCUT2D eigenvalue weighted by Gasteiger charge is 2.13. The largest absolute Gasteiger partial charge is 0.381 e. The molecule has 4 N–H and O–H groups in total. The number of primary amides is 1. The average molecular weight is 291 g/mol. The van der Waals surface area contributed by atoms with Crippen molar-refractivity contribution in [3.05, 3.63) is 33.8 Å². The molecule has 98 valence electrons. The molecule has 0 bridgehead atoms. The van der Waals surface area contributed by atoms with E-state index in [1.54, 1.807) is 12.1 Å². The van der Waals surface area contributed by atoms with Crippen LogP contribution in [0.15, 0.2) is 18.2 Å². The van der Waals surface area contributed by atoms with Gasteiger partial charge in [-0.15, -0.1) is 0 Å². The molecule has 0 saturated heterocycles. The lowest BCUT2D eigenvalue weighted by molar-refractivity contribution is -0.126. The minimum absolute atomic E-state index is 0.0293. The molecule has 0 radical (unpaired) electrons. The fourth-order valence-corrected chi connectivity index (χ4v) is 1.69. The lowest BCUT2D eigenvalue weighted by Gasteiger charge is -2.09. The van der Waals surface area contributed by atoms with Crippen molar-refractivity contribution in [3.8, 4) is 0 Å². The molecule has 0 aliphatic rings. The Bertz CT molecular complexity index is 466. The van der Waals surface area contributed by atoms with Crippen LogP contribution in [0.4, 0.5) is 0 Å². The van der Waals surface area contributed by atoms with Gasteiger partial charge in [0.25, 0.3) is 0 Å². The zero-order valence-electron chi connectivity index (χ0n) is 9.32. The quantitative estimate of drug-likeness (QED) is 0.737. The van der Waals surface area contributed by atoms with Crippen LogP contribution in [0.3, 0.4) is 0 Å². The van der Waals surface area contributed by atoms with Crippen LogP contribution >= 0.6 is 23.2 Å². The number of aliphatic hydroxyl groups is 1. The summed E-state index contributed by atoms with van der Waals surface area (Å²) in [5.41, 5.74) is 5.44. The van der Waals surface area contributed by atoms with E-state index in [-0.39, 0.29) is 18.9 Å². The van der Waals surface area contributed by atoms with E-state index in [0.717, 1.165) is 0 Å². The Morgan fingerprint density at radius 1 is 1.39 bits per heavy atom. The molecule has 0 aliphatic carbocycles. The summed E-state index contributed by atoms with van der Waals surface area (Å²) in [7, 11) is 0. The number of nitrogens with two attached hydrogens (primary N) is 1. The molecule has 5 nitrogen and oxygen atoms in total. The second kappa shape index (κ2) is 6.58. The first-order valence-electron chi connectivity index (χ1n) is 5.08. The first-order chi connectivity index (χ1) is 8.40. The van der Waals surface area contributed by atoms with Gasteiger partial charge in [-0.1, -0.05) is 29.3 Å². The summed E-state index contributed by atoms with van der Waals surface area (Å²) in [5, 5.41) is 12.3. The lowest BCUT2D eigenvalue weighted by atomic mass is 10.1. The van der Waals surface area contributed by atoms with Gasteiger partial charge in [0.05, 0.1) is 13.0 Å². The third kappa shape index (κ3) is 4.52. The lowest BCUT2D eigenvalue weighted by Crippen LogP contribution is -2.40. The van der Waals surface area contributed by atoms with Crippen LogP contribution in [0.25, 0.3) is 0 Å². The molecule has 0 heterocycles. The zero-order valence-corrected chi connectivity index (χ0v) is 10.8. The van der Waals surface area contributed by atoms with Gasteiger partial charge in [0.2, 0.25) is 11.8 Å². The maximum absolute atomic E-state index is 11.5. The third-order valence-corrected chi connectivity index (χ3v) is 2.77. The summed E-state index contributed by atoms with van der Waals surface area (Å²) in [6.45, 7) is -0.223. The smallest absolute Gasteiger partial charge is 0.248 e. The molecule has 0 fully saturated rings. The summed E-state index contributed by atoms with van der Waals surface area (Å²) in [6, 6.07) is 4.78. The highest BCUT2D eigenvalue weighted by Crippen LogP contribution is 2.21. The number of hydrogen-bond acceptors (Lipinski definition) is 3. The number of halogens is 2. The predicted octanol–water partition coefficient (Wildman–Crippen LogP) is 0.498. The van der Waals surface area contributed by atoms with E-state index in [9.17, 15) is 9.59 Å². The third-order valence-electron chi connectivity index (χ3n) is 2.19. The SMILES string of the molecule is NC(=O)C(O)CNC(=O)Cc1ccc(Cl)cc1Cl. The predicted molar refractivity (Wildman–Crippen MR) is 68.4 cm³/mol. The van der Waals surface area contributed by atoms with Gasteiger partial charge in [0.15, 0.2) is 0 Å². The summed E-state index contributed by atoms with van der Waals surface area (Å²) < 4.78 is 0. The Morgan fingerprint density at radius 2 is 2.06 bits per heavy atom. The number of benzene rings is 1. The van der Waals surface area contributed by atoms with Gasteiger partial charge in [0, 0.05) is 10.0 Å². The van der Waals surface area contributed by atoms with Crippen LogP contribution in [-0.2, 0) is 16.0 Å². The monoisotopic (exact) mass is 290 g/mol. The van der Waals surface area contributed by atoms with Crippen LogP contribution in [0, 0.1) is 0 Å². The fourth-order valence-electron chi connectivity index (χ4n) is 1.21. The van der Waals surface area contributed by atoms with Gasteiger partial charge in [-0.25, -0.2) is 0 Å². The fraction of sp³-hybridized carbons (Fsp3) is 0.273. The number of carbonyl (C=O) groups is 2. The van der Waals surface area contributed by atoms with Gasteiger partial charge >= 0.3 is 0 Å². The van der Waals surface area contributed by atoms with E-state index in [0.29, 0.717) is 15.6 Å². The summed E-state index contributed by atoms with van der Waals surface area (Å²) >= 11 is 11.6. The van der Waals surface area contributed by atoms with Crippen LogP contribution < -0.4 is 11.1 Å². The topological polar surface area (TPSA) is 92.4 Å². The highest BCUT2D eigenvalue weighted by molar-refractivity contribution is 6.35. The second-order valence-corrected chi connectivity index (χ2v) is 4.48. The van der Waals surface area contributed by atoms with E-state index >= 15 is 0 Å². The van der Waals surface area contributed by atoms with Gasteiger partial charge in [-0.3, -0.25) is 9.59 Å². The van der Waals surface area contributed by atoms with Crippen LogP contribution in [0.2, 0.25) is 10.0 Å². The molecule has 0 aliphatic heterocycles. The van der Waals surface area contributed by atoms with Crippen molar-refractivity contribution in [3.63, 3.8) is 0 Å². The van der Waals surface area contributed by atoms with Crippen LogP contribution in [0.1, 0.15) is 5.56 Å². The van der Waals surface area contributed by atoms with Gasteiger partial charge in [-0.05, 0) is 17.7 Å². The molecule has 2 amide bonds. The number of nitrogens with one attached hydrogen (secondary N) is 1. The maximum atomic E-state index is 11.5. The molecular weight excluding hydrogens is 279 g/mol. The molecule has 1 aromatic carbocycles. The van der Waals surface area contributed by atoms with Crippen molar-refractivity contribution in [2.75, 3.05) is 6.54 Å². The summed E-state index contributed by atoms with van der Waals surface area (Å²) in [6.07, 6.45) is -1.36. The Balaban J connectivity index is 2.52. The Morgan fingerprint density at radius 3 is 2.61 bits per heavy atom. The van der Waals surface area contributed by atoms with E-state index in [4.69, 9.17) is 34.0 Å². The number of amides is 2. The first kappa shape index (κ1) is 14.8. The Hall–Kier alpha value is -1.30. The molecule has 0 saturated carbocycles. The number of hydrogen-bond donors (Lipinski definition) is 3. The van der Waals surface area contributed by atoms with E-state index in [1.807, 2.05) is 0 Å². The molecule has 1 atom stereocenters. The number of carbonyl (C=O) groups excluding carboxylic acids is 2. The van der Waals surface area contributed by atoms with E-state index in [1.165, 1.54) is 6.07 Å². The molecule has 1 aromatic rings. The highest BCUT2D eigenvalue weighted by atomic mass is 35.5. The van der Waals surface area contributed by atoms with Crippen molar-refractivity contribution in [1.29, 1.82) is 0 Å². The van der Waals surface area contributed by atoms with Gasteiger partial charge in [0.1, 0.15) is 6.10 Å². The zero-order chi connectivity index (χ0) is 13.7. The van der Waals surface area contributed by atoms with Gasteiger partial charge in [-0.2, -0.15) is 0 Å². The summed E-state index contributed by atoms with van der Waals surface area (Å²) in [5.74, 6) is -1.26. The van der Waals surface area contributed by atoms with E-state index < -0.39 is 12.0 Å². The second-order valence-electron chi connectivity index (χ2n) is 3.63. The minimum Gasteiger partial charge on any atom is -0.381 e. The molecule has 1 rings (SSSR count). The van der Waals surface area contributed by atoms with E-state index in [2.05, 4.69) is 5.32 Å². The molecule has 18 heavy (non-hydrogen) atoms. The molecule has 7 heteroatoms. The van der Waals surface area contributed by atoms with Crippen LogP contribution in [-0.4, -0.2) is 29.6 Å².